The zero-order valence-corrected chi connectivity index (χ0v) is 13.4. The van der Waals surface area contributed by atoms with Crippen LogP contribution >= 0.6 is 11.8 Å². The Morgan fingerprint density at radius 3 is 2.75 bits per heavy atom. The van der Waals surface area contributed by atoms with Crippen LogP contribution in [0.5, 0.6) is 0 Å². The molecule has 1 aromatic rings. The molecule has 0 aromatic heterocycles. The monoisotopic (exact) mass is 294 g/mol. The highest BCUT2D eigenvalue weighted by Gasteiger charge is 2.26. The first kappa shape index (κ1) is 15.4. The Kier molecular flexibility index (Phi) is 4.74. The zero-order chi connectivity index (χ0) is 14.8. The number of benzene rings is 1. The fraction of sp³-hybridized carbons (Fsp3) is 0.562. The highest BCUT2D eigenvalue weighted by molar-refractivity contribution is 8.14. The Morgan fingerprint density at radius 1 is 1.40 bits per heavy atom. The van der Waals surface area contributed by atoms with E-state index >= 15 is 0 Å². The van der Waals surface area contributed by atoms with Gasteiger partial charge in [0.25, 0.3) is 0 Å². The smallest absolute Gasteiger partial charge is 0.157 e. The molecule has 2 nitrogen and oxygen atoms in total. The Balaban J connectivity index is 1.91. The van der Waals surface area contributed by atoms with Gasteiger partial charge in [0.1, 0.15) is 5.82 Å². The molecule has 1 heterocycles. The van der Waals surface area contributed by atoms with Crippen molar-refractivity contribution in [2.45, 2.75) is 45.4 Å². The molecule has 1 N–H and O–H groups in total. The lowest BCUT2D eigenvalue weighted by Crippen LogP contribution is -2.24. The molecular weight excluding hydrogens is 271 g/mol. The fourth-order valence-electron chi connectivity index (χ4n) is 2.38. The fourth-order valence-corrected chi connectivity index (χ4v) is 3.82. The molecule has 0 aliphatic carbocycles. The van der Waals surface area contributed by atoms with E-state index in [4.69, 9.17) is 0 Å². The molecule has 110 valence electrons. The topological polar surface area (TPSA) is 24.4 Å². The second-order valence-corrected chi connectivity index (χ2v) is 7.83. The molecule has 2 unspecified atom stereocenters. The number of rotatable bonds is 3. The minimum absolute atomic E-state index is 0.0594. The summed E-state index contributed by atoms with van der Waals surface area (Å²) in [6.45, 7) is 9.58. The zero-order valence-electron chi connectivity index (χ0n) is 12.6. The number of amidine groups is 1. The largest absolute Gasteiger partial charge is 0.358 e. The van der Waals surface area contributed by atoms with E-state index in [0.29, 0.717) is 16.2 Å². The molecule has 0 fully saturated rings. The molecule has 20 heavy (non-hydrogen) atoms. The van der Waals surface area contributed by atoms with Crippen LogP contribution in [-0.4, -0.2) is 17.0 Å². The molecule has 0 bridgehead atoms. The van der Waals surface area contributed by atoms with E-state index in [-0.39, 0.29) is 11.9 Å². The molecular formula is C16H23FN2S. The van der Waals surface area contributed by atoms with E-state index in [1.54, 1.807) is 17.8 Å². The lowest BCUT2D eigenvalue weighted by atomic mass is 9.90. The first-order chi connectivity index (χ1) is 9.35. The van der Waals surface area contributed by atoms with Crippen LogP contribution in [0.1, 0.15) is 45.7 Å². The molecule has 2 atom stereocenters. The van der Waals surface area contributed by atoms with Gasteiger partial charge in [-0.2, -0.15) is 0 Å². The van der Waals surface area contributed by atoms with Crippen molar-refractivity contribution in [1.29, 1.82) is 0 Å². The van der Waals surface area contributed by atoms with E-state index in [1.165, 1.54) is 6.07 Å². The molecule has 1 aliphatic rings. The van der Waals surface area contributed by atoms with Gasteiger partial charge in [-0.15, -0.1) is 0 Å². The van der Waals surface area contributed by atoms with Gasteiger partial charge >= 0.3 is 0 Å². The van der Waals surface area contributed by atoms with E-state index in [1.807, 2.05) is 19.1 Å². The standard InChI is InChI=1S/C16H23FN2S/c1-11(13-7-5-6-8-14(13)17)19-15-18-10-12(20-15)9-16(2,3)4/h5-8,11-12H,9-10H2,1-4H3,(H,18,19). The van der Waals surface area contributed by atoms with Gasteiger partial charge in [-0.25, -0.2) is 4.39 Å². The van der Waals surface area contributed by atoms with Crippen molar-refractivity contribution in [2.75, 3.05) is 6.54 Å². The summed E-state index contributed by atoms with van der Waals surface area (Å²) in [6, 6.07) is 6.84. The SMILES string of the molecule is CC(NC1=NCC(CC(C)(C)C)S1)c1ccccc1F. The molecule has 4 heteroatoms. The quantitative estimate of drug-likeness (QED) is 0.894. The van der Waals surface area contributed by atoms with Gasteiger partial charge in [0, 0.05) is 10.8 Å². The second-order valence-electron chi connectivity index (χ2n) is 6.54. The number of aliphatic imine (C=N–C) groups is 1. The normalized spacial score (nSPS) is 20.6. The molecule has 1 aliphatic heterocycles. The number of hydrogen-bond acceptors (Lipinski definition) is 3. The third-order valence-electron chi connectivity index (χ3n) is 3.27. The van der Waals surface area contributed by atoms with Gasteiger partial charge in [-0.1, -0.05) is 50.7 Å². The summed E-state index contributed by atoms with van der Waals surface area (Å²) in [4.78, 5) is 4.54. The van der Waals surface area contributed by atoms with E-state index in [2.05, 4.69) is 31.1 Å². The molecule has 2 rings (SSSR count). The Morgan fingerprint density at radius 2 is 2.10 bits per heavy atom. The summed E-state index contributed by atoms with van der Waals surface area (Å²) in [5.74, 6) is -0.165. The van der Waals surface area contributed by atoms with Crippen LogP contribution in [0.15, 0.2) is 29.3 Å². The van der Waals surface area contributed by atoms with Gasteiger partial charge in [-0.3, -0.25) is 4.99 Å². The summed E-state index contributed by atoms with van der Waals surface area (Å²) < 4.78 is 13.7. The number of thioether (sulfide) groups is 1. The van der Waals surface area contributed by atoms with Crippen LogP contribution in [0.3, 0.4) is 0 Å². The summed E-state index contributed by atoms with van der Waals surface area (Å²) in [6.07, 6.45) is 1.14. The summed E-state index contributed by atoms with van der Waals surface area (Å²) in [5.41, 5.74) is 1.01. The minimum atomic E-state index is -0.165. The maximum Gasteiger partial charge on any atom is 0.157 e. The first-order valence-corrected chi connectivity index (χ1v) is 7.95. The van der Waals surface area contributed by atoms with Gasteiger partial charge in [0.05, 0.1) is 12.6 Å². The van der Waals surface area contributed by atoms with Crippen molar-refractivity contribution >= 4 is 16.9 Å². The molecule has 0 saturated heterocycles. The van der Waals surface area contributed by atoms with Gasteiger partial charge < -0.3 is 5.32 Å². The molecule has 0 spiro atoms. The summed E-state index contributed by atoms with van der Waals surface area (Å²) in [5, 5.41) is 4.80. The predicted octanol–water partition coefficient (Wildman–Crippen LogP) is 4.38. The maximum absolute atomic E-state index is 13.7. The van der Waals surface area contributed by atoms with Crippen molar-refractivity contribution in [3.8, 4) is 0 Å². The third kappa shape index (κ3) is 4.23. The van der Waals surface area contributed by atoms with Crippen LogP contribution in [0, 0.1) is 11.2 Å². The van der Waals surface area contributed by atoms with Crippen LogP contribution in [0.2, 0.25) is 0 Å². The van der Waals surface area contributed by atoms with Crippen molar-refractivity contribution in [2.24, 2.45) is 10.4 Å². The van der Waals surface area contributed by atoms with Crippen LogP contribution < -0.4 is 5.32 Å². The highest BCUT2D eigenvalue weighted by Crippen LogP contribution is 2.32. The lowest BCUT2D eigenvalue weighted by Gasteiger charge is -2.22. The third-order valence-corrected chi connectivity index (χ3v) is 4.39. The van der Waals surface area contributed by atoms with E-state index in [9.17, 15) is 4.39 Å². The number of halogens is 1. The average Bonchev–Trinajstić information content (AvgIpc) is 2.74. The van der Waals surface area contributed by atoms with Gasteiger partial charge in [-0.05, 0) is 24.8 Å². The molecule has 1 aromatic carbocycles. The molecule has 0 saturated carbocycles. The maximum atomic E-state index is 13.7. The van der Waals surface area contributed by atoms with Crippen molar-refractivity contribution in [1.82, 2.24) is 5.32 Å². The summed E-state index contributed by atoms with van der Waals surface area (Å²) in [7, 11) is 0. The number of nitrogens with zero attached hydrogens (tertiary/aromatic N) is 1. The van der Waals surface area contributed by atoms with Crippen molar-refractivity contribution in [3.63, 3.8) is 0 Å². The second kappa shape index (κ2) is 6.17. The summed E-state index contributed by atoms with van der Waals surface area (Å²) >= 11 is 1.78. The Labute approximate surface area is 125 Å². The first-order valence-electron chi connectivity index (χ1n) is 7.07. The van der Waals surface area contributed by atoms with Gasteiger partial charge in [0.2, 0.25) is 0 Å². The number of nitrogens with one attached hydrogen (secondary N) is 1. The van der Waals surface area contributed by atoms with Crippen LogP contribution in [0.25, 0.3) is 0 Å². The Hall–Kier alpha value is -1.03. The number of hydrogen-bond donors (Lipinski definition) is 1. The average molecular weight is 294 g/mol. The predicted molar refractivity (Wildman–Crippen MR) is 85.7 cm³/mol. The van der Waals surface area contributed by atoms with E-state index in [0.717, 1.165) is 18.1 Å². The molecule has 0 radical (unpaired) electrons. The van der Waals surface area contributed by atoms with E-state index < -0.39 is 0 Å². The van der Waals surface area contributed by atoms with Gasteiger partial charge in [0.15, 0.2) is 5.17 Å². The Bertz CT molecular complexity index is 493. The van der Waals surface area contributed by atoms with Crippen molar-refractivity contribution < 1.29 is 4.39 Å². The van der Waals surface area contributed by atoms with Crippen molar-refractivity contribution in [3.05, 3.63) is 35.6 Å². The minimum Gasteiger partial charge on any atom is -0.358 e. The van der Waals surface area contributed by atoms with Crippen LogP contribution in [0.4, 0.5) is 4.39 Å². The van der Waals surface area contributed by atoms with Crippen LogP contribution in [-0.2, 0) is 0 Å². The lowest BCUT2D eigenvalue weighted by molar-refractivity contribution is 0.375. The highest BCUT2D eigenvalue weighted by atomic mass is 32.2. The molecule has 0 amide bonds.